The zero-order valence-electron chi connectivity index (χ0n) is 14.7. The van der Waals surface area contributed by atoms with E-state index < -0.39 is 5.91 Å². The normalized spacial score (nSPS) is 12.0. The maximum atomic E-state index is 12.5. The molecule has 0 saturated carbocycles. The molecule has 0 unspecified atom stereocenters. The summed E-state index contributed by atoms with van der Waals surface area (Å²) in [7, 11) is 0. The highest BCUT2D eigenvalue weighted by Gasteiger charge is 2.14. The SMILES string of the molecule is N#Cc1ccccc1NC(=O)c1ccnc(Nc2ccc3c(c2)OCCO3)n1. The van der Waals surface area contributed by atoms with Crippen LogP contribution in [-0.4, -0.2) is 29.1 Å². The van der Waals surface area contributed by atoms with Crippen molar-refractivity contribution in [3.05, 3.63) is 66.0 Å². The number of nitrogens with one attached hydrogen (secondary N) is 2. The maximum Gasteiger partial charge on any atom is 0.274 e. The molecule has 0 aliphatic carbocycles. The molecule has 2 N–H and O–H groups in total. The van der Waals surface area contributed by atoms with Crippen LogP contribution in [0, 0.1) is 11.3 Å². The van der Waals surface area contributed by atoms with E-state index in [0.717, 1.165) is 0 Å². The minimum absolute atomic E-state index is 0.169. The number of nitrogens with zero attached hydrogens (tertiary/aromatic N) is 3. The van der Waals surface area contributed by atoms with E-state index in [4.69, 9.17) is 14.7 Å². The third-order valence-corrected chi connectivity index (χ3v) is 3.98. The third-order valence-electron chi connectivity index (χ3n) is 3.98. The lowest BCUT2D eigenvalue weighted by molar-refractivity contribution is 0.102. The molecule has 1 aliphatic heterocycles. The van der Waals surface area contributed by atoms with E-state index in [1.807, 2.05) is 12.1 Å². The summed E-state index contributed by atoms with van der Waals surface area (Å²) in [6.07, 6.45) is 1.48. The molecule has 0 spiro atoms. The number of para-hydroxylation sites is 1. The van der Waals surface area contributed by atoms with Gasteiger partial charge < -0.3 is 20.1 Å². The number of hydrogen-bond donors (Lipinski definition) is 2. The van der Waals surface area contributed by atoms with Crippen molar-refractivity contribution in [3.8, 4) is 17.6 Å². The van der Waals surface area contributed by atoms with Crippen LogP contribution in [-0.2, 0) is 0 Å². The van der Waals surface area contributed by atoms with E-state index in [1.165, 1.54) is 12.3 Å². The van der Waals surface area contributed by atoms with Gasteiger partial charge in [-0.1, -0.05) is 12.1 Å². The lowest BCUT2D eigenvalue weighted by Gasteiger charge is -2.19. The van der Waals surface area contributed by atoms with Crippen molar-refractivity contribution in [1.29, 1.82) is 5.26 Å². The molecular formula is C20H15N5O3. The molecule has 1 aromatic heterocycles. The molecule has 0 bridgehead atoms. The lowest BCUT2D eigenvalue weighted by atomic mass is 10.2. The number of anilines is 3. The van der Waals surface area contributed by atoms with Crippen LogP contribution in [0.3, 0.4) is 0 Å². The Bertz CT molecular complexity index is 1080. The first-order chi connectivity index (χ1) is 13.7. The minimum Gasteiger partial charge on any atom is -0.486 e. The van der Waals surface area contributed by atoms with Crippen molar-refractivity contribution in [2.24, 2.45) is 0 Å². The van der Waals surface area contributed by atoms with Gasteiger partial charge in [0.25, 0.3) is 5.91 Å². The van der Waals surface area contributed by atoms with Crippen LogP contribution in [0.4, 0.5) is 17.3 Å². The second-order valence-corrected chi connectivity index (χ2v) is 5.86. The molecule has 1 amide bonds. The van der Waals surface area contributed by atoms with E-state index in [9.17, 15) is 4.79 Å². The molecule has 0 saturated heterocycles. The van der Waals surface area contributed by atoms with Gasteiger partial charge in [0.05, 0.1) is 11.3 Å². The van der Waals surface area contributed by atoms with Gasteiger partial charge in [-0.2, -0.15) is 5.26 Å². The zero-order valence-corrected chi connectivity index (χ0v) is 14.7. The van der Waals surface area contributed by atoms with Gasteiger partial charge in [-0.3, -0.25) is 4.79 Å². The molecule has 4 rings (SSSR count). The smallest absolute Gasteiger partial charge is 0.274 e. The Labute approximate surface area is 160 Å². The van der Waals surface area contributed by atoms with Crippen molar-refractivity contribution in [1.82, 2.24) is 9.97 Å². The van der Waals surface area contributed by atoms with Gasteiger partial charge in [0.15, 0.2) is 11.5 Å². The van der Waals surface area contributed by atoms with Gasteiger partial charge in [-0.25, -0.2) is 9.97 Å². The number of nitriles is 1. The lowest BCUT2D eigenvalue weighted by Crippen LogP contribution is -2.16. The van der Waals surface area contributed by atoms with Crippen molar-refractivity contribution in [2.45, 2.75) is 0 Å². The average molecular weight is 373 g/mol. The largest absolute Gasteiger partial charge is 0.486 e. The van der Waals surface area contributed by atoms with E-state index in [-0.39, 0.29) is 11.6 Å². The predicted octanol–water partition coefficient (Wildman–Crippen LogP) is 3.12. The van der Waals surface area contributed by atoms with Crippen LogP contribution in [0.5, 0.6) is 11.5 Å². The number of benzene rings is 2. The number of carbonyl (C=O) groups excluding carboxylic acids is 1. The van der Waals surface area contributed by atoms with E-state index in [1.54, 1.807) is 36.4 Å². The van der Waals surface area contributed by atoms with Gasteiger partial charge in [0.2, 0.25) is 5.95 Å². The predicted molar refractivity (Wildman–Crippen MR) is 102 cm³/mol. The average Bonchev–Trinajstić information content (AvgIpc) is 2.74. The topological polar surface area (TPSA) is 109 Å². The highest BCUT2D eigenvalue weighted by molar-refractivity contribution is 6.03. The standard InChI is InChI=1S/C20H15N5O3/c21-12-13-3-1-2-4-15(13)24-19(26)16-7-8-22-20(25-16)23-14-5-6-17-18(11-14)28-10-9-27-17/h1-8,11H,9-10H2,(H,24,26)(H,22,23,25). The first kappa shape index (κ1) is 17.3. The van der Waals surface area contributed by atoms with Gasteiger partial charge in [-0.05, 0) is 30.3 Å². The zero-order chi connectivity index (χ0) is 19.3. The molecule has 2 aromatic carbocycles. The molecule has 138 valence electrons. The fourth-order valence-corrected chi connectivity index (χ4v) is 2.67. The van der Waals surface area contributed by atoms with Gasteiger partial charge >= 0.3 is 0 Å². The van der Waals surface area contributed by atoms with Gasteiger partial charge in [0.1, 0.15) is 25.0 Å². The number of rotatable bonds is 4. The van der Waals surface area contributed by atoms with Gasteiger partial charge in [0, 0.05) is 18.0 Å². The minimum atomic E-state index is -0.435. The van der Waals surface area contributed by atoms with Crippen molar-refractivity contribution >= 4 is 23.2 Å². The Hall–Kier alpha value is -4.12. The number of fused-ring (bicyclic) bond motifs is 1. The second kappa shape index (κ2) is 7.63. The number of ether oxygens (including phenoxy) is 2. The Kier molecular flexibility index (Phi) is 4.72. The highest BCUT2D eigenvalue weighted by Crippen LogP contribution is 2.33. The molecule has 0 fully saturated rings. The second-order valence-electron chi connectivity index (χ2n) is 5.86. The number of amides is 1. The fourth-order valence-electron chi connectivity index (χ4n) is 2.67. The summed E-state index contributed by atoms with van der Waals surface area (Å²) in [5, 5.41) is 14.9. The maximum absolute atomic E-state index is 12.5. The molecule has 8 heteroatoms. The van der Waals surface area contributed by atoms with Crippen LogP contribution < -0.4 is 20.1 Å². The molecular weight excluding hydrogens is 358 g/mol. The molecule has 1 aliphatic rings. The molecule has 2 heterocycles. The molecule has 0 radical (unpaired) electrons. The van der Waals surface area contributed by atoms with E-state index >= 15 is 0 Å². The summed E-state index contributed by atoms with van der Waals surface area (Å²) < 4.78 is 11.1. The fraction of sp³-hybridized carbons (Fsp3) is 0.100. The van der Waals surface area contributed by atoms with E-state index in [0.29, 0.717) is 41.7 Å². The Balaban J connectivity index is 1.51. The first-order valence-electron chi connectivity index (χ1n) is 8.53. The molecule has 3 aromatic rings. The third kappa shape index (κ3) is 3.68. The summed E-state index contributed by atoms with van der Waals surface area (Å²) in [6, 6.07) is 15.7. The monoisotopic (exact) mass is 373 g/mol. The van der Waals surface area contributed by atoms with Gasteiger partial charge in [-0.15, -0.1) is 0 Å². The van der Waals surface area contributed by atoms with Crippen LogP contribution in [0.15, 0.2) is 54.7 Å². The highest BCUT2D eigenvalue weighted by atomic mass is 16.6. The van der Waals surface area contributed by atoms with Crippen molar-refractivity contribution in [2.75, 3.05) is 23.8 Å². The Morgan fingerprint density at radius 3 is 2.75 bits per heavy atom. The summed E-state index contributed by atoms with van der Waals surface area (Å²) in [4.78, 5) is 20.9. The molecule has 0 atom stereocenters. The summed E-state index contributed by atoms with van der Waals surface area (Å²) in [6.45, 7) is 1.02. The quantitative estimate of drug-likeness (QED) is 0.723. The summed E-state index contributed by atoms with van der Waals surface area (Å²) >= 11 is 0. The van der Waals surface area contributed by atoms with Crippen LogP contribution >= 0.6 is 0 Å². The number of carbonyl (C=O) groups is 1. The van der Waals surface area contributed by atoms with Crippen molar-refractivity contribution < 1.29 is 14.3 Å². The Morgan fingerprint density at radius 1 is 1.07 bits per heavy atom. The Morgan fingerprint density at radius 2 is 1.89 bits per heavy atom. The molecule has 28 heavy (non-hydrogen) atoms. The van der Waals surface area contributed by atoms with Crippen LogP contribution in [0.1, 0.15) is 16.1 Å². The summed E-state index contributed by atoms with van der Waals surface area (Å²) in [5.74, 6) is 1.15. The van der Waals surface area contributed by atoms with Crippen LogP contribution in [0.25, 0.3) is 0 Å². The number of aromatic nitrogens is 2. The molecule has 8 nitrogen and oxygen atoms in total. The first-order valence-corrected chi connectivity index (χ1v) is 8.53. The van der Waals surface area contributed by atoms with Crippen LogP contribution in [0.2, 0.25) is 0 Å². The summed E-state index contributed by atoms with van der Waals surface area (Å²) in [5.41, 5.74) is 1.67. The van der Waals surface area contributed by atoms with Crippen molar-refractivity contribution in [3.63, 3.8) is 0 Å². The number of hydrogen-bond acceptors (Lipinski definition) is 7. The van der Waals surface area contributed by atoms with E-state index in [2.05, 4.69) is 20.6 Å².